The van der Waals surface area contributed by atoms with E-state index in [1.54, 1.807) is 22.9 Å². The van der Waals surface area contributed by atoms with Crippen LogP contribution in [0, 0.1) is 0 Å². The maximum absolute atomic E-state index is 12.0. The molecule has 1 N–H and O–H groups in total. The molecule has 0 radical (unpaired) electrons. The Morgan fingerprint density at radius 3 is 2.48 bits per heavy atom. The SMILES string of the molecule is O=C(CCn1ccccc1=O)Nc1ccc(CCN2CCCC2)cc1. The Morgan fingerprint density at radius 1 is 1.00 bits per heavy atom. The lowest BCUT2D eigenvalue weighted by Crippen LogP contribution is -2.22. The van der Waals surface area contributed by atoms with E-state index < -0.39 is 0 Å². The van der Waals surface area contributed by atoms with Gasteiger partial charge in [-0.3, -0.25) is 9.59 Å². The summed E-state index contributed by atoms with van der Waals surface area (Å²) in [6, 6.07) is 13.0. The first-order valence-corrected chi connectivity index (χ1v) is 8.97. The fraction of sp³-hybridized carbons (Fsp3) is 0.400. The minimum absolute atomic E-state index is 0.0828. The Bertz CT molecular complexity index is 746. The van der Waals surface area contributed by atoms with Gasteiger partial charge in [-0.15, -0.1) is 0 Å². The maximum Gasteiger partial charge on any atom is 0.250 e. The number of hydrogen-bond acceptors (Lipinski definition) is 3. The molecule has 5 heteroatoms. The highest BCUT2D eigenvalue weighted by atomic mass is 16.1. The van der Waals surface area contributed by atoms with Crippen LogP contribution in [0.3, 0.4) is 0 Å². The highest BCUT2D eigenvalue weighted by molar-refractivity contribution is 5.90. The average molecular weight is 339 g/mol. The lowest BCUT2D eigenvalue weighted by molar-refractivity contribution is -0.116. The Balaban J connectivity index is 1.45. The summed E-state index contributed by atoms with van der Waals surface area (Å²) in [5.41, 5.74) is 2.01. The second-order valence-corrected chi connectivity index (χ2v) is 6.53. The minimum atomic E-state index is -0.0855. The van der Waals surface area contributed by atoms with Crippen molar-refractivity contribution in [2.45, 2.75) is 32.2 Å². The van der Waals surface area contributed by atoms with Crippen molar-refractivity contribution in [1.29, 1.82) is 0 Å². The van der Waals surface area contributed by atoms with E-state index in [4.69, 9.17) is 0 Å². The summed E-state index contributed by atoms with van der Waals surface area (Å²) >= 11 is 0. The van der Waals surface area contributed by atoms with Crippen molar-refractivity contribution >= 4 is 11.6 Å². The van der Waals surface area contributed by atoms with E-state index in [-0.39, 0.29) is 17.9 Å². The number of nitrogens with zero attached hydrogens (tertiary/aromatic N) is 2. The van der Waals surface area contributed by atoms with E-state index in [2.05, 4.69) is 22.3 Å². The Hall–Kier alpha value is -2.40. The van der Waals surface area contributed by atoms with E-state index in [1.807, 2.05) is 12.1 Å². The van der Waals surface area contributed by atoms with Crippen LogP contribution in [-0.2, 0) is 17.8 Å². The molecule has 1 fully saturated rings. The van der Waals surface area contributed by atoms with Crippen LogP contribution >= 0.6 is 0 Å². The molecule has 1 aromatic heterocycles. The van der Waals surface area contributed by atoms with Crippen molar-refractivity contribution < 1.29 is 4.79 Å². The zero-order chi connectivity index (χ0) is 17.5. The number of carbonyl (C=O) groups is 1. The molecule has 1 saturated heterocycles. The molecule has 0 atom stereocenters. The first-order chi connectivity index (χ1) is 12.2. The predicted octanol–water partition coefficient (Wildman–Crippen LogP) is 2.52. The third-order valence-corrected chi connectivity index (χ3v) is 4.63. The number of carbonyl (C=O) groups excluding carboxylic acids is 1. The van der Waals surface area contributed by atoms with Crippen LogP contribution in [0.4, 0.5) is 5.69 Å². The number of nitrogens with one attached hydrogen (secondary N) is 1. The molecule has 1 amide bonds. The fourth-order valence-electron chi connectivity index (χ4n) is 3.14. The molecule has 1 aliphatic rings. The van der Waals surface area contributed by atoms with Gasteiger partial charge in [0.2, 0.25) is 5.91 Å². The van der Waals surface area contributed by atoms with Crippen LogP contribution in [-0.4, -0.2) is 35.0 Å². The van der Waals surface area contributed by atoms with Gasteiger partial charge in [0.25, 0.3) is 5.56 Å². The molecule has 2 aromatic rings. The second-order valence-electron chi connectivity index (χ2n) is 6.53. The number of amides is 1. The second kappa shape index (κ2) is 8.62. The number of pyridine rings is 1. The molecule has 132 valence electrons. The first-order valence-electron chi connectivity index (χ1n) is 8.97. The van der Waals surface area contributed by atoms with Crippen molar-refractivity contribution in [3.8, 4) is 0 Å². The predicted molar refractivity (Wildman–Crippen MR) is 99.8 cm³/mol. The molecule has 3 rings (SSSR count). The van der Waals surface area contributed by atoms with Crippen LogP contribution < -0.4 is 10.9 Å². The van der Waals surface area contributed by atoms with Gasteiger partial charge >= 0.3 is 0 Å². The Kier molecular flexibility index (Phi) is 6.01. The molecule has 1 aromatic carbocycles. The molecule has 2 heterocycles. The largest absolute Gasteiger partial charge is 0.326 e. The number of aromatic nitrogens is 1. The summed E-state index contributed by atoms with van der Waals surface area (Å²) < 4.78 is 1.54. The molecule has 0 unspecified atom stereocenters. The maximum atomic E-state index is 12.0. The molecule has 0 bridgehead atoms. The smallest absolute Gasteiger partial charge is 0.250 e. The molecule has 1 aliphatic heterocycles. The molecular weight excluding hydrogens is 314 g/mol. The summed E-state index contributed by atoms with van der Waals surface area (Å²) in [5, 5.41) is 2.89. The zero-order valence-corrected chi connectivity index (χ0v) is 14.5. The fourth-order valence-corrected chi connectivity index (χ4v) is 3.14. The van der Waals surface area contributed by atoms with Crippen LogP contribution in [0.5, 0.6) is 0 Å². The van der Waals surface area contributed by atoms with Crippen molar-refractivity contribution in [3.05, 3.63) is 64.6 Å². The highest BCUT2D eigenvalue weighted by Gasteiger charge is 2.10. The van der Waals surface area contributed by atoms with Gasteiger partial charge in [-0.2, -0.15) is 0 Å². The van der Waals surface area contributed by atoms with Gasteiger partial charge in [0.05, 0.1) is 0 Å². The Morgan fingerprint density at radius 2 is 1.76 bits per heavy atom. The molecule has 5 nitrogen and oxygen atoms in total. The normalized spacial score (nSPS) is 14.6. The van der Waals surface area contributed by atoms with Gasteiger partial charge in [0.1, 0.15) is 0 Å². The Labute approximate surface area is 148 Å². The first kappa shape index (κ1) is 17.4. The highest BCUT2D eigenvalue weighted by Crippen LogP contribution is 2.13. The van der Waals surface area contributed by atoms with E-state index >= 15 is 0 Å². The monoisotopic (exact) mass is 339 g/mol. The van der Waals surface area contributed by atoms with Gasteiger partial charge in [0, 0.05) is 37.5 Å². The summed E-state index contributed by atoms with van der Waals surface area (Å²) in [7, 11) is 0. The molecule has 0 saturated carbocycles. The van der Waals surface area contributed by atoms with Crippen molar-refractivity contribution in [2.75, 3.05) is 25.0 Å². The van der Waals surface area contributed by atoms with Crippen molar-refractivity contribution in [2.24, 2.45) is 0 Å². The third-order valence-electron chi connectivity index (χ3n) is 4.63. The molecule has 25 heavy (non-hydrogen) atoms. The third kappa shape index (κ3) is 5.29. The van der Waals surface area contributed by atoms with Gasteiger partial charge in [-0.05, 0) is 56.1 Å². The molecule has 0 spiro atoms. The van der Waals surface area contributed by atoms with Gasteiger partial charge in [-0.1, -0.05) is 18.2 Å². The zero-order valence-electron chi connectivity index (χ0n) is 14.5. The summed E-state index contributed by atoms with van der Waals surface area (Å²) in [6.07, 6.45) is 5.66. The minimum Gasteiger partial charge on any atom is -0.326 e. The summed E-state index contributed by atoms with van der Waals surface area (Å²) in [6.45, 7) is 3.94. The van der Waals surface area contributed by atoms with Crippen LogP contribution in [0.1, 0.15) is 24.8 Å². The van der Waals surface area contributed by atoms with Gasteiger partial charge in [-0.25, -0.2) is 0 Å². The summed E-state index contributed by atoms with van der Waals surface area (Å²) in [5.74, 6) is -0.0828. The van der Waals surface area contributed by atoms with E-state index in [9.17, 15) is 9.59 Å². The van der Waals surface area contributed by atoms with Crippen LogP contribution in [0.25, 0.3) is 0 Å². The van der Waals surface area contributed by atoms with Crippen LogP contribution in [0.2, 0.25) is 0 Å². The van der Waals surface area contributed by atoms with Crippen molar-refractivity contribution in [1.82, 2.24) is 9.47 Å². The molecule has 0 aliphatic carbocycles. The number of aryl methyl sites for hydroxylation is 1. The van der Waals surface area contributed by atoms with Gasteiger partial charge in [0.15, 0.2) is 0 Å². The van der Waals surface area contributed by atoms with Crippen LogP contribution in [0.15, 0.2) is 53.5 Å². The lowest BCUT2D eigenvalue weighted by atomic mass is 10.1. The number of anilines is 1. The van der Waals surface area contributed by atoms with E-state index in [0.29, 0.717) is 6.54 Å². The summed E-state index contributed by atoms with van der Waals surface area (Å²) in [4.78, 5) is 26.2. The number of hydrogen-bond donors (Lipinski definition) is 1. The number of rotatable bonds is 7. The quantitative estimate of drug-likeness (QED) is 0.843. The lowest BCUT2D eigenvalue weighted by Gasteiger charge is -2.14. The standard InChI is InChI=1S/C20H25N3O2/c24-19(11-16-23-14-2-1-5-20(23)25)21-18-8-6-17(7-9-18)10-15-22-12-3-4-13-22/h1-2,5-9,14H,3-4,10-13,15-16H2,(H,21,24). The van der Waals surface area contributed by atoms with E-state index in [0.717, 1.165) is 18.7 Å². The van der Waals surface area contributed by atoms with Crippen molar-refractivity contribution in [3.63, 3.8) is 0 Å². The topological polar surface area (TPSA) is 54.3 Å². The van der Waals surface area contributed by atoms with E-state index in [1.165, 1.54) is 37.6 Å². The molecular formula is C20H25N3O2. The number of likely N-dealkylation sites (tertiary alicyclic amines) is 1. The average Bonchev–Trinajstić information content (AvgIpc) is 3.14. The number of benzene rings is 1. The van der Waals surface area contributed by atoms with Gasteiger partial charge < -0.3 is 14.8 Å².